The van der Waals surface area contributed by atoms with E-state index in [1.165, 1.54) is 4.57 Å². The molecule has 0 N–H and O–H groups in total. The van der Waals surface area contributed by atoms with E-state index in [1.807, 2.05) is 92.7 Å². The molecule has 33 heavy (non-hydrogen) atoms. The highest BCUT2D eigenvalue weighted by atomic mass is 16.5. The third-order valence-corrected chi connectivity index (χ3v) is 5.64. The molecule has 0 spiro atoms. The topological polar surface area (TPSA) is 72.8 Å². The van der Waals surface area contributed by atoms with Gasteiger partial charge in [0.2, 0.25) is 0 Å². The molecule has 6 nitrogen and oxygen atoms in total. The number of ether oxygens (including phenoxy) is 1. The van der Waals surface area contributed by atoms with E-state index < -0.39 is 0 Å². The minimum atomic E-state index is -0.324. The van der Waals surface area contributed by atoms with Crippen LogP contribution in [0.1, 0.15) is 16.7 Å². The molecule has 0 amide bonds. The second-order valence-corrected chi connectivity index (χ2v) is 7.78. The zero-order valence-electron chi connectivity index (χ0n) is 18.2. The van der Waals surface area contributed by atoms with E-state index in [4.69, 9.17) is 4.74 Å². The Balaban J connectivity index is 1.82. The maximum atomic E-state index is 13.9. The summed E-state index contributed by atoms with van der Waals surface area (Å²) >= 11 is 0. The maximum Gasteiger partial charge on any atom is 0.310 e. The monoisotopic (exact) mass is 432 g/mol. The Bertz CT molecular complexity index is 1580. The standard InChI is InChI=1S/C27H20N4O2/c1-18-13-14-23(15-19(18)2)33-27-29-24-20(16-28)17-30(21-9-5-3-6-10-21)25(24)26(32)31(27)22-11-7-4-8-12-22/h3-15,17H,1-2H3. The van der Waals surface area contributed by atoms with Gasteiger partial charge in [0.05, 0.1) is 11.3 Å². The van der Waals surface area contributed by atoms with Gasteiger partial charge in [-0.1, -0.05) is 42.5 Å². The molecule has 0 unspecified atom stereocenters. The van der Waals surface area contributed by atoms with E-state index in [9.17, 15) is 10.1 Å². The number of hydrogen-bond acceptors (Lipinski definition) is 4. The number of hydrogen-bond donors (Lipinski definition) is 0. The summed E-state index contributed by atoms with van der Waals surface area (Å²) in [5.74, 6) is 0.565. The summed E-state index contributed by atoms with van der Waals surface area (Å²) in [5, 5.41) is 9.77. The van der Waals surface area contributed by atoms with Gasteiger partial charge in [-0.15, -0.1) is 0 Å². The SMILES string of the molecule is Cc1ccc(Oc2nc3c(C#N)cn(-c4ccccc4)c3c(=O)n2-c2ccccc2)cc1C. The molecular formula is C27H20N4O2. The lowest BCUT2D eigenvalue weighted by Crippen LogP contribution is -2.23. The lowest BCUT2D eigenvalue weighted by molar-refractivity contribution is 0.427. The van der Waals surface area contributed by atoms with Crippen molar-refractivity contribution >= 4 is 11.0 Å². The largest absolute Gasteiger partial charge is 0.425 e. The lowest BCUT2D eigenvalue weighted by Gasteiger charge is -2.14. The molecule has 0 radical (unpaired) electrons. The van der Waals surface area contributed by atoms with Gasteiger partial charge in [0.1, 0.15) is 22.9 Å². The molecule has 0 saturated heterocycles. The smallest absolute Gasteiger partial charge is 0.310 e. The average Bonchev–Trinajstić information content (AvgIpc) is 3.22. The van der Waals surface area contributed by atoms with Crippen molar-refractivity contribution in [2.24, 2.45) is 0 Å². The lowest BCUT2D eigenvalue weighted by atomic mass is 10.1. The van der Waals surface area contributed by atoms with Crippen LogP contribution in [0.25, 0.3) is 22.4 Å². The van der Waals surface area contributed by atoms with Gasteiger partial charge in [-0.25, -0.2) is 4.57 Å². The minimum Gasteiger partial charge on any atom is -0.425 e. The first-order valence-corrected chi connectivity index (χ1v) is 10.5. The molecule has 0 aliphatic rings. The Kier molecular flexibility index (Phi) is 5.00. The van der Waals surface area contributed by atoms with Crippen LogP contribution >= 0.6 is 0 Å². The molecule has 2 heterocycles. The predicted octanol–water partition coefficient (Wildman–Crippen LogP) is 5.46. The van der Waals surface area contributed by atoms with Crippen molar-refractivity contribution < 1.29 is 4.74 Å². The maximum absolute atomic E-state index is 13.9. The van der Waals surface area contributed by atoms with Crippen LogP contribution in [0.3, 0.4) is 0 Å². The summed E-state index contributed by atoms with van der Waals surface area (Å²) in [6.07, 6.45) is 1.64. The first-order chi connectivity index (χ1) is 16.1. The minimum absolute atomic E-state index is 0.101. The van der Waals surface area contributed by atoms with Crippen LogP contribution in [-0.2, 0) is 0 Å². The van der Waals surface area contributed by atoms with Crippen molar-refractivity contribution in [1.29, 1.82) is 5.26 Å². The van der Waals surface area contributed by atoms with Gasteiger partial charge in [0.25, 0.3) is 5.56 Å². The van der Waals surface area contributed by atoms with E-state index in [0.717, 1.165) is 16.8 Å². The van der Waals surface area contributed by atoms with Crippen LogP contribution in [0.4, 0.5) is 0 Å². The molecule has 0 aliphatic heterocycles. The highest BCUT2D eigenvalue weighted by molar-refractivity contribution is 5.84. The summed E-state index contributed by atoms with van der Waals surface area (Å²) in [4.78, 5) is 18.6. The second-order valence-electron chi connectivity index (χ2n) is 7.78. The molecule has 0 fully saturated rings. The molecule has 0 bridgehead atoms. The Hall–Kier alpha value is -4.63. The summed E-state index contributed by atoms with van der Waals surface area (Å²) < 4.78 is 9.29. The van der Waals surface area contributed by atoms with Crippen LogP contribution in [0, 0.1) is 25.2 Å². The van der Waals surface area contributed by atoms with Crippen LogP contribution in [0.2, 0.25) is 0 Å². The molecule has 3 aromatic carbocycles. The summed E-state index contributed by atoms with van der Waals surface area (Å²) in [6.45, 7) is 4.02. The molecular weight excluding hydrogens is 412 g/mol. The van der Waals surface area contributed by atoms with Crippen LogP contribution < -0.4 is 10.3 Å². The van der Waals surface area contributed by atoms with E-state index in [0.29, 0.717) is 28.0 Å². The zero-order valence-corrected chi connectivity index (χ0v) is 18.2. The van der Waals surface area contributed by atoms with Crippen LogP contribution in [-0.4, -0.2) is 14.1 Å². The molecule has 5 aromatic rings. The van der Waals surface area contributed by atoms with E-state index in [-0.39, 0.29) is 11.6 Å². The Morgan fingerprint density at radius 3 is 2.18 bits per heavy atom. The van der Waals surface area contributed by atoms with Gasteiger partial charge in [-0.2, -0.15) is 10.2 Å². The van der Waals surface area contributed by atoms with Crippen molar-refractivity contribution in [3.63, 3.8) is 0 Å². The van der Waals surface area contributed by atoms with Crippen molar-refractivity contribution in [3.8, 4) is 29.2 Å². The molecule has 160 valence electrons. The normalized spacial score (nSPS) is 10.8. The first-order valence-electron chi connectivity index (χ1n) is 10.5. The van der Waals surface area contributed by atoms with Crippen molar-refractivity contribution in [1.82, 2.24) is 14.1 Å². The fraction of sp³-hybridized carbons (Fsp3) is 0.0741. The molecule has 0 atom stereocenters. The average molecular weight is 432 g/mol. The first kappa shape index (κ1) is 20.3. The zero-order chi connectivity index (χ0) is 22.9. The van der Waals surface area contributed by atoms with Crippen LogP contribution in [0.5, 0.6) is 11.8 Å². The fourth-order valence-electron chi connectivity index (χ4n) is 3.78. The van der Waals surface area contributed by atoms with Gasteiger partial charge < -0.3 is 9.30 Å². The molecule has 5 rings (SSSR count). The van der Waals surface area contributed by atoms with Gasteiger partial charge in [-0.3, -0.25) is 4.79 Å². The van der Waals surface area contributed by atoms with Gasteiger partial charge >= 0.3 is 6.01 Å². The highest BCUT2D eigenvalue weighted by Gasteiger charge is 2.21. The molecule has 2 aromatic heterocycles. The number of nitriles is 1. The number of para-hydroxylation sites is 2. The number of aromatic nitrogens is 3. The number of rotatable bonds is 4. The number of benzene rings is 3. The van der Waals surface area contributed by atoms with E-state index in [1.54, 1.807) is 10.8 Å². The predicted molar refractivity (Wildman–Crippen MR) is 127 cm³/mol. The highest BCUT2D eigenvalue weighted by Crippen LogP contribution is 2.28. The van der Waals surface area contributed by atoms with Gasteiger partial charge in [0.15, 0.2) is 0 Å². The molecule has 6 heteroatoms. The Morgan fingerprint density at radius 2 is 1.55 bits per heavy atom. The Labute approximate surface area is 190 Å². The quantitative estimate of drug-likeness (QED) is 0.378. The third-order valence-electron chi connectivity index (χ3n) is 5.64. The summed E-state index contributed by atoms with van der Waals surface area (Å²) in [6, 6.07) is 26.6. The van der Waals surface area contributed by atoms with E-state index >= 15 is 0 Å². The number of fused-ring (bicyclic) bond motifs is 1. The van der Waals surface area contributed by atoms with Gasteiger partial charge in [-0.05, 0) is 61.4 Å². The van der Waals surface area contributed by atoms with E-state index in [2.05, 4.69) is 11.1 Å². The molecule has 0 saturated carbocycles. The van der Waals surface area contributed by atoms with Gasteiger partial charge in [0, 0.05) is 11.9 Å². The number of aryl methyl sites for hydroxylation is 2. The van der Waals surface area contributed by atoms with Crippen molar-refractivity contribution in [2.45, 2.75) is 13.8 Å². The summed E-state index contributed by atoms with van der Waals surface area (Å²) in [5.41, 5.74) is 4.19. The van der Waals surface area contributed by atoms with Crippen molar-refractivity contribution in [3.05, 3.63) is 112 Å². The second kappa shape index (κ2) is 8.13. The Morgan fingerprint density at radius 1 is 0.879 bits per heavy atom. The van der Waals surface area contributed by atoms with Crippen LogP contribution in [0.15, 0.2) is 89.9 Å². The summed E-state index contributed by atoms with van der Waals surface area (Å²) in [7, 11) is 0. The number of nitrogens with zero attached hydrogens (tertiary/aromatic N) is 4. The third kappa shape index (κ3) is 3.56. The fourth-order valence-corrected chi connectivity index (χ4v) is 3.78. The molecule has 0 aliphatic carbocycles. The van der Waals surface area contributed by atoms with Crippen molar-refractivity contribution in [2.75, 3.05) is 0 Å².